The second-order valence-electron chi connectivity index (χ2n) is 15.3. The summed E-state index contributed by atoms with van der Waals surface area (Å²) in [6, 6.07) is 0. The Kier molecular flexibility index (Phi) is 19.2. The van der Waals surface area contributed by atoms with Crippen molar-refractivity contribution in [3.8, 4) is 0 Å². The summed E-state index contributed by atoms with van der Waals surface area (Å²) in [6.45, 7) is -0.891. The molecule has 4 rings (SSSR count). The summed E-state index contributed by atoms with van der Waals surface area (Å²) in [5.41, 5.74) is -0.776. The lowest BCUT2D eigenvalue weighted by molar-refractivity contribution is -0.282. The third-order valence-electron chi connectivity index (χ3n) is 10.5. The van der Waals surface area contributed by atoms with Gasteiger partial charge >= 0.3 is 0 Å². The summed E-state index contributed by atoms with van der Waals surface area (Å²) in [6.07, 6.45) is -6.41. The minimum absolute atomic E-state index is 0.0118. The van der Waals surface area contributed by atoms with Gasteiger partial charge in [0.1, 0.15) is 24.4 Å². The van der Waals surface area contributed by atoms with E-state index in [1.54, 1.807) is 7.05 Å². The highest BCUT2D eigenvalue weighted by Gasteiger charge is 2.62. The van der Waals surface area contributed by atoms with Crippen LogP contribution in [0.1, 0.15) is 64.2 Å². The van der Waals surface area contributed by atoms with E-state index in [0.29, 0.717) is 57.9 Å². The van der Waals surface area contributed by atoms with Gasteiger partial charge < -0.3 is 80.7 Å². The first-order chi connectivity index (χ1) is 27.2. The average Bonchev–Trinajstić information content (AvgIpc) is 3.82. The van der Waals surface area contributed by atoms with Gasteiger partial charge in [-0.25, -0.2) is 0 Å². The third kappa shape index (κ3) is 15.2. The van der Waals surface area contributed by atoms with E-state index < -0.39 is 84.7 Å². The van der Waals surface area contributed by atoms with Crippen molar-refractivity contribution in [2.24, 2.45) is 0 Å². The van der Waals surface area contributed by atoms with E-state index >= 15 is 0 Å². The molecule has 4 fully saturated rings. The summed E-state index contributed by atoms with van der Waals surface area (Å²) < 4.78 is 28.4. The van der Waals surface area contributed by atoms with Gasteiger partial charge in [0.25, 0.3) is 0 Å². The zero-order valence-electron chi connectivity index (χ0n) is 32.5. The molecular weight excluding hydrogens is 758 g/mol. The van der Waals surface area contributed by atoms with Gasteiger partial charge in [0.2, 0.25) is 23.6 Å². The van der Waals surface area contributed by atoms with Crippen LogP contribution < -0.4 is 21.3 Å². The number of hydrogen-bond acceptors (Lipinski definition) is 17. The van der Waals surface area contributed by atoms with Crippen LogP contribution >= 0.6 is 0 Å². The Morgan fingerprint density at radius 1 is 0.737 bits per heavy atom. The van der Waals surface area contributed by atoms with E-state index in [-0.39, 0.29) is 71.0 Å². The van der Waals surface area contributed by atoms with Crippen molar-refractivity contribution in [1.82, 2.24) is 26.2 Å². The van der Waals surface area contributed by atoms with Gasteiger partial charge in [-0.15, -0.1) is 0 Å². The molecule has 0 radical (unpaired) electrons. The number of amides is 4. The van der Waals surface area contributed by atoms with Gasteiger partial charge in [0.15, 0.2) is 12.6 Å². The highest BCUT2D eigenvalue weighted by atomic mass is 16.7. The molecule has 3 aliphatic heterocycles. The van der Waals surface area contributed by atoms with E-state index in [0.717, 1.165) is 6.42 Å². The monoisotopic (exact) mass is 821 g/mol. The van der Waals surface area contributed by atoms with Crippen molar-refractivity contribution in [2.45, 2.75) is 137 Å². The van der Waals surface area contributed by atoms with Gasteiger partial charge in [-0.3, -0.25) is 24.1 Å². The quantitative estimate of drug-likeness (QED) is 0.0431. The highest BCUT2D eigenvalue weighted by Crippen LogP contribution is 2.51. The lowest BCUT2D eigenvalue weighted by atomic mass is 9.96. The molecule has 3 unspecified atom stereocenters. The molecule has 4 amide bonds. The van der Waals surface area contributed by atoms with Crippen LogP contribution in [0.5, 0.6) is 0 Å². The van der Waals surface area contributed by atoms with Crippen molar-refractivity contribution in [3.63, 3.8) is 0 Å². The summed E-state index contributed by atoms with van der Waals surface area (Å²) in [7, 11) is 1.57. The maximum Gasteiger partial charge on any atom is 0.234 e. The van der Waals surface area contributed by atoms with Gasteiger partial charge in [-0.2, -0.15) is 0 Å². The highest BCUT2D eigenvalue weighted by molar-refractivity contribution is 5.84. The molecule has 21 heteroatoms. The molecule has 0 aromatic heterocycles. The fourth-order valence-corrected chi connectivity index (χ4v) is 7.20. The normalized spacial score (nSPS) is 33.8. The Bertz CT molecular complexity index is 1290. The Morgan fingerprint density at radius 2 is 1.40 bits per heavy atom. The Labute approximate surface area is 331 Å². The number of carbonyl (C=O) groups is 4. The van der Waals surface area contributed by atoms with Gasteiger partial charge in [-0.1, -0.05) is 6.42 Å². The molecule has 12 atom stereocenters. The minimum atomic E-state index is -1.48. The first-order valence-electron chi connectivity index (χ1n) is 19.9. The lowest BCUT2D eigenvalue weighted by Gasteiger charge is -2.38. The van der Waals surface area contributed by atoms with E-state index in [9.17, 15) is 54.9 Å². The topological polar surface area (TPSA) is 307 Å². The van der Waals surface area contributed by atoms with Crippen molar-refractivity contribution < 1.29 is 78.6 Å². The Morgan fingerprint density at radius 3 is 2.07 bits per heavy atom. The van der Waals surface area contributed by atoms with Crippen molar-refractivity contribution in [2.75, 3.05) is 66.1 Å². The summed E-state index contributed by atoms with van der Waals surface area (Å²) >= 11 is 0. The van der Waals surface area contributed by atoms with E-state index in [2.05, 4.69) is 21.3 Å². The largest absolute Gasteiger partial charge is 0.394 e. The van der Waals surface area contributed by atoms with E-state index in [1.165, 1.54) is 4.90 Å². The fourth-order valence-electron chi connectivity index (χ4n) is 7.20. The number of ether oxygens (including phenoxy) is 5. The molecule has 1 spiro atoms. The Balaban J connectivity index is 1.19. The maximum absolute atomic E-state index is 13.0. The van der Waals surface area contributed by atoms with Crippen LogP contribution in [0.25, 0.3) is 0 Å². The minimum Gasteiger partial charge on any atom is -0.394 e. The molecule has 3 saturated heterocycles. The van der Waals surface area contributed by atoms with Gasteiger partial charge in [0.05, 0.1) is 75.6 Å². The third-order valence-corrected chi connectivity index (χ3v) is 10.5. The standard InChI is InChI=1S/C36H63N5O16/c1-37-27(46)7-3-2-4-8-38-28(47)16-41(18-30(49)40-10-11-53-34-33(52)31(50)25(45)20-54-34)17-29(48)39-9-5-6-22-12-21(43)14-36(57-22)15-26(36)56-35-32(51)24(44)13-23(19-42)55-35/h21-26,31-35,42-45,50-52H,2-20H2,1H3,(H,37,46)(H,38,47)(H,39,48)(H,40,49)/t21?,22-,23-,24-,25+,26?,31+,32-,33-,34+,35+,36?/m0/s1. The SMILES string of the molecule is CNC(=O)CCCCCNC(=O)CN(CC(=O)NCCC[C@H]1CC(O)CC2(CC2O[C@H]2O[C@H](CO)C[C@H](O)[C@@H]2O)O1)CC(=O)NCCO[C@@H]1OC[C@@H](O)[C@@H](O)[C@@H]1O. The number of aliphatic hydroxyl groups is 7. The van der Waals surface area contributed by atoms with Crippen molar-refractivity contribution >= 4 is 23.6 Å². The number of nitrogens with zero attached hydrogens (tertiary/aromatic N) is 1. The summed E-state index contributed by atoms with van der Waals surface area (Å²) in [5.74, 6) is -1.39. The van der Waals surface area contributed by atoms with E-state index in [1.807, 2.05) is 0 Å². The van der Waals surface area contributed by atoms with Crippen molar-refractivity contribution in [1.29, 1.82) is 0 Å². The Hall–Kier alpha value is -2.64. The van der Waals surface area contributed by atoms with Crippen LogP contribution in [-0.2, 0) is 42.9 Å². The number of nitrogens with one attached hydrogen (secondary N) is 4. The fraction of sp³-hybridized carbons (Fsp3) is 0.889. The van der Waals surface area contributed by atoms with Gasteiger partial charge in [0, 0.05) is 52.4 Å². The second-order valence-corrected chi connectivity index (χ2v) is 15.3. The molecule has 0 aromatic carbocycles. The number of rotatable bonds is 23. The molecule has 11 N–H and O–H groups in total. The molecule has 0 bridgehead atoms. The van der Waals surface area contributed by atoms with E-state index in [4.69, 9.17) is 23.7 Å². The van der Waals surface area contributed by atoms with Crippen LogP contribution in [0.4, 0.5) is 0 Å². The molecule has 21 nitrogen and oxygen atoms in total. The molecule has 1 aliphatic carbocycles. The molecule has 57 heavy (non-hydrogen) atoms. The first kappa shape index (κ1) is 47.0. The average molecular weight is 822 g/mol. The van der Waals surface area contributed by atoms with Gasteiger partial charge in [-0.05, 0) is 32.1 Å². The van der Waals surface area contributed by atoms with Crippen LogP contribution in [0, 0.1) is 0 Å². The predicted molar refractivity (Wildman–Crippen MR) is 196 cm³/mol. The molecular formula is C36H63N5O16. The number of hydrogen-bond donors (Lipinski definition) is 11. The summed E-state index contributed by atoms with van der Waals surface area (Å²) in [4.78, 5) is 51.4. The molecule has 4 aliphatic rings. The number of unbranched alkanes of at least 4 members (excludes halogenated alkanes) is 2. The molecule has 0 aromatic rings. The lowest BCUT2D eigenvalue weighted by Crippen LogP contribution is -2.54. The van der Waals surface area contributed by atoms with Crippen LogP contribution in [0.15, 0.2) is 0 Å². The second kappa shape index (κ2) is 23.2. The first-order valence-corrected chi connectivity index (χ1v) is 19.9. The zero-order valence-corrected chi connectivity index (χ0v) is 32.5. The smallest absolute Gasteiger partial charge is 0.234 e. The maximum atomic E-state index is 13.0. The number of aliphatic hydroxyl groups excluding tert-OH is 7. The number of carbonyl (C=O) groups excluding carboxylic acids is 4. The molecule has 3 heterocycles. The van der Waals surface area contributed by atoms with Crippen LogP contribution in [0.2, 0.25) is 0 Å². The van der Waals surface area contributed by atoms with Crippen LogP contribution in [0.3, 0.4) is 0 Å². The van der Waals surface area contributed by atoms with Crippen LogP contribution in [-0.4, -0.2) is 204 Å². The predicted octanol–water partition coefficient (Wildman–Crippen LogP) is -4.92. The molecule has 328 valence electrons. The zero-order chi connectivity index (χ0) is 41.5. The summed E-state index contributed by atoms with van der Waals surface area (Å²) in [5, 5.41) is 80.7. The molecule has 1 saturated carbocycles. The van der Waals surface area contributed by atoms with Crippen molar-refractivity contribution in [3.05, 3.63) is 0 Å².